The van der Waals surface area contributed by atoms with Crippen LogP contribution in [0, 0.1) is 0 Å². The van der Waals surface area contributed by atoms with Crippen LogP contribution in [0.5, 0.6) is 0 Å². The van der Waals surface area contributed by atoms with E-state index in [1.54, 1.807) is 17.2 Å². The van der Waals surface area contributed by atoms with Gasteiger partial charge in [0, 0.05) is 29.7 Å². The number of alkyl halides is 3. The maximum Gasteiger partial charge on any atom is 0.416 e. The minimum absolute atomic E-state index is 0.0124. The van der Waals surface area contributed by atoms with Crippen molar-refractivity contribution in [2.24, 2.45) is 0 Å². The molecule has 6 heteroatoms. The zero-order valence-electron chi connectivity index (χ0n) is 14.6. The molecule has 0 aliphatic heterocycles. The van der Waals surface area contributed by atoms with E-state index in [1.165, 1.54) is 12.1 Å². The van der Waals surface area contributed by atoms with Gasteiger partial charge in [0.05, 0.1) is 12.0 Å². The number of hydrogen-bond donors (Lipinski definition) is 1. The van der Waals surface area contributed by atoms with Gasteiger partial charge in [0.2, 0.25) is 5.91 Å². The van der Waals surface area contributed by atoms with Crippen LogP contribution >= 0.6 is 0 Å². The van der Waals surface area contributed by atoms with Gasteiger partial charge in [-0.3, -0.25) is 4.79 Å². The van der Waals surface area contributed by atoms with Crippen LogP contribution in [0.3, 0.4) is 0 Å². The van der Waals surface area contributed by atoms with Gasteiger partial charge in [-0.05, 0) is 36.1 Å². The smallest absolute Gasteiger partial charge is 0.361 e. The Bertz CT molecular complexity index is 973. The topological polar surface area (TPSA) is 36.1 Å². The predicted molar refractivity (Wildman–Crippen MR) is 97.0 cm³/mol. The van der Waals surface area contributed by atoms with E-state index in [-0.39, 0.29) is 30.5 Å². The average Bonchev–Trinajstić information content (AvgIpc) is 3.41. The number of benzene rings is 2. The Morgan fingerprint density at radius 2 is 1.74 bits per heavy atom. The Balaban J connectivity index is 1.58. The first-order chi connectivity index (χ1) is 12.9. The molecule has 0 bridgehead atoms. The largest absolute Gasteiger partial charge is 0.416 e. The van der Waals surface area contributed by atoms with E-state index < -0.39 is 11.7 Å². The van der Waals surface area contributed by atoms with Crippen LogP contribution in [-0.4, -0.2) is 21.8 Å². The number of aromatic amines is 1. The first kappa shape index (κ1) is 17.6. The Labute approximate surface area is 154 Å². The van der Waals surface area contributed by atoms with Crippen molar-refractivity contribution in [3.63, 3.8) is 0 Å². The van der Waals surface area contributed by atoms with Crippen LogP contribution < -0.4 is 0 Å². The molecule has 1 amide bonds. The van der Waals surface area contributed by atoms with Crippen LogP contribution in [-0.2, 0) is 23.9 Å². The molecule has 27 heavy (non-hydrogen) atoms. The number of H-pyrrole nitrogens is 1. The molecule has 0 radical (unpaired) electrons. The maximum atomic E-state index is 13.3. The van der Waals surface area contributed by atoms with Crippen molar-refractivity contribution in [2.75, 3.05) is 0 Å². The second-order valence-electron chi connectivity index (χ2n) is 6.94. The summed E-state index contributed by atoms with van der Waals surface area (Å²) >= 11 is 0. The highest BCUT2D eigenvalue weighted by molar-refractivity contribution is 5.89. The normalized spacial score (nSPS) is 14.5. The molecule has 0 unspecified atom stereocenters. The van der Waals surface area contributed by atoms with E-state index in [4.69, 9.17) is 0 Å². The van der Waals surface area contributed by atoms with Gasteiger partial charge in [0.1, 0.15) is 0 Å². The average molecular weight is 372 g/mol. The Hall–Kier alpha value is -2.76. The van der Waals surface area contributed by atoms with Crippen molar-refractivity contribution in [2.45, 2.75) is 38.0 Å². The lowest BCUT2D eigenvalue weighted by molar-refractivity contribution is -0.140. The monoisotopic (exact) mass is 372 g/mol. The standard InChI is InChI=1S/C21H19F3N2O/c22-21(23,24)18-7-3-1-5-14(18)13-26(16-9-10-16)20(27)11-15-12-25-19-8-4-2-6-17(15)19/h1-8,12,16,25H,9-11,13H2. The molecule has 1 N–H and O–H groups in total. The van der Waals surface area contributed by atoms with Crippen molar-refractivity contribution in [1.29, 1.82) is 0 Å². The third kappa shape index (κ3) is 3.70. The number of nitrogens with one attached hydrogen (secondary N) is 1. The Morgan fingerprint density at radius 1 is 1.04 bits per heavy atom. The second kappa shape index (κ2) is 6.76. The lowest BCUT2D eigenvalue weighted by Gasteiger charge is -2.24. The molecule has 1 heterocycles. The summed E-state index contributed by atoms with van der Waals surface area (Å²) in [5.41, 5.74) is 1.28. The highest BCUT2D eigenvalue weighted by Gasteiger charge is 2.37. The molecule has 1 aliphatic carbocycles. The highest BCUT2D eigenvalue weighted by Crippen LogP contribution is 2.35. The molecule has 3 nitrogen and oxygen atoms in total. The van der Waals surface area contributed by atoms with Crippen molar-refractivity contribution in [1.82, 2.24) is 9.88 Å². The Morgan fingerprint density at radius 3 is 2.48 bits per heavy atom. The molecule has 1 saturated carbocycles. The van der Waals surface area contributed by atoms with E-state index >= 15 is 0 Å². The molecule has 4 rings (SSSR count). The lowest BCUT2D eigenvalue weighted by atomic mass is 10.1. The summed E-state index contributed by atoms with van der Waals surface area (Å²) in [5.74, 6) is -0.140. The molecule has 0 saturated heterocycles. The van der Waals surface area contributed by atoms with Crippen LogP contribution in [0.15, 0.2) is 54.7 Å². The number of carbonyl (C=O) groups excluding carboxylic acids is 1. The molecule has 0 spiro atoms. The van der Waals surface area contributed by atoms with Crippen LogP contribution in [0.1, 0.15) is 29.5 Å². The van der Waals surface area contributed by atoms with Gasteiger partial charge in [-0.1, -0.05) is 36.4 Å². The van der Waals surface area contributed by atoms with E-state index in [0.717, 1.165) is 35.4 Å². The minimum Gasteiger partial charge on any atom is -0.361 e. The van der Waals surface area contributed by atoms with Gasteiger partial charge in [0.25, 0.3) is 0 Å². The fourth-order valence-corrected chi connectivity index (χ4v) is 3.47. The van der Waals surface area contributed by atoms with E-state index in [0.29, 0.717) is 0 Å². The number of fused-ring (bicyclic) bond motifs is 1. The maximum absolute atomic E-state index is 13.3. The van der Waals surface area contributed by atoms with Crippen LogP contribution in [0.25, 0.3) is 10.9 Å². The molecule has 1 aliphatic rings. The molecular formula is C21H19F3N2O. The van der Waals surface area contributed by atoms with Gasteiger partial charge in [-0.2, -0.15) is 13.2 Å². The van der Waals surface area contributed by atoms with Gasteiger partial charge >= 0.3 is 6.18 Å². The molecule has 140 valence electrons. The van der Waals surface area contributed by atoms with E-state index in [2.05, 4.69) is 4.98 Å². The quantitative estimate of drug-likeness (QED) is 0.678. The number of nitrogens with zero attached hydrogens (tertiary/aromatic N) is 1. The van der Waals surface area contributed by atoms with Gasteiger partial charge in [-0.15, -0.1) is 0 Å². The summed E-state index contributed by atoms with van der Waals surface area (Å²) < 4.78 is 39.9. The summed E-state index contributed by atoms with van der Waals surface area (Å²) in [6, 6.07) is 13.2. The molecule has 2 aromatic carbocycles. The first-order valence-electron chi connectivity index (χ1n) is 8.93. The molecule has 1 aromatic heterocycles. The van der Waals surface area contributed by atoms with Crippen molar-refractivity contribution in [3.05, 3.63) is 71.4 Å². The number of para-hydroxylation sites is 1. The molecular weight excluding hydrogens is 353 g/mol. The third-order valence-corrected chi connectivity index (χ3v) is 4.99. The Kier molecular flexibility index (Phi) is 4.42. The summed E-state index contributed by atoms with van der Waals surface area (Å²) in [7, 11) is 0. The fourth-order valence-electron chi connectivity index (χ4n) is 3.47. The van der Waals surface area contributed by atoms with Crippen molar-refractivity contribution < 1.29 is 18.0 Å². The molecule has 0 atom stereocenters. The fraction of sp³-hybridized carbons (Fsp3) is 0.286. The zero-order valence-corrected chi connectivity index (χ0v) is 14.6. The van der Waals surface area contributed by atoms with Crippen LogP contribution in [0.4, 0.5) is 13.2 Å². The minimum atomic E-state index is -4.42. The van der Waals surface area contributed by atoms with Crippen LogP contribution in [0.2, 0.25) is 0 Å². The number of rotatable bonds is 5. The number of hydrogen-bond acceptors (Lipinski definition) is 1. The number of amides is 1. The van der Waals surface area contributed by atoms with Gasteiger partial charge in [0.15, 0.2) is 0 Å². The number of halogens is 3. The molecule has 1 fully saturated rings. The summed E-state index contributed by atoms with van der Waals surface area (Å²) in [6.07, 6.45) is -0.765. The lowest BCUT2D eigenvalue weighted by Crippen LogP contribution is -2.34. The van der Waals surface area contributed by atoms with E-state index in [1.807, 2.05) is 24.3 Å². The SMILES string of the molecule is O=C(Cc1c[nH]c2ccccc12)N(Cc1ccccc1C(F)(F)F)C1CC1. The van der Waals surface area contributed by atoms with Gasteiger partial charge in [-0.25, -0.2) is 0 Å². The number of carbonyl (C=O) groups is 1. The predicted octanol–water partition coefficient (Wildman–Crippen LogP) is 4.92. The van der Waals surface area contributed by atoms with Crippen molar-refractivity contribution in [3.8, 4) is 0 Å². The third-order valence-electron chi connectivity index (χ3n) is 4.99. The second-order valence-corrected chi connectivity index (χ2v) is 6.94. The summed E-state index contributed by atoms with van der Waals surface area (Å²) in [6.45, 7) is -0.0124. The van der Waals surface area contributed by atoms with Crippen molar-refractivity contribution >= 4 is 16.8 Å². The first-order valence-corrected chi connectivity index (χ1v) is 8.93. The summed E-state index contributed by atoms with van der Waals surface area (Å²) in [5, 5.41) is 0.970. The summed E-state index contributed by atoms with van der Waals surface area (Å²) in [4.78, 5) is 17.7. The zero-order chi connectivity index (χ0) is 19.0. The molecule has 3 aromatic rings. The van der Waals surface area contributed by atoms with E-state index in [9.17, 15) is 18.0 Å². The number of aromatic nitrogens is 1. The van der Waals surface area contributed by atoms with Gasteiger partial charge < -0.3 is 9.88 Å². The highest BCUT2D eigenvalue weighted by atomic mass is 19.4.